The van der Waals surface area contributed by atoms with Crippen molar-refractivity contribution in [2.45, 2.75) is 6.92 Å². The highest BCUT2D eigenvalue weighted by Crippen LogP contribution is 2.09. The quantitative estimate of drug-likeness (QED) is 0.800. The van der Waals surface area contributed by atoms with Crippen molar-refractivity contribution < 1.29 is 14.7 Å². The molecule has 0 aliphatic carbocycles. The first-order chi connectivity index (χ1) is 7.93. The maximum Gasteiger partial charge on any atom is 0.338 e. The smallest absolute Gasteiger partial charge is 0.338 e. The van der Waals surface area contributed by atoms with Crippen molar-refractivity contribution in [3.8, 4) is 0 Å². The number of likely N-dealkylation sites (N-methyl/N-ethyl adjacent to an activating group) is 1. The van der Waals surface area contributed by atoms with Crippen LogP contribution in [0.1, 0.15) is 27.8 Å². The van der Waals surface area contributed by atoms with Crippen LogP contribution in [-0.4, -0.2) is 40.5 Å². The van der Waals surface area contributed by atoms with Crippen molar-refractivity contribution in [1.82, 2.24) is 9.88 Å². The fourth-order valence-electron chi connectivity index (χ4n) is 1.41. The molecule has 0 unspecified atom stereocenters. The summed E-state index contributed by atoms with van der Waals surface area (Å²) in [4.78, 5) is 28.1. The number of aromatic carboxylic acids is 1. The van der Waals surface area contributed by atoms with Gasteiger partial charge in [0.1, 0.15) is 5.69 Å². The first kappa shape index (κ1) is 12.9. The van der Waals surface area contributed by atoms with Gasteiger partial charge in [-0.05, 0) is 19.1 Å². The van der Waals surface area contributed by atoms with Crippen LogP contribution in [0.5, 0.6) is 0 Å². The van der Waals surface area contributed by atoms with E-state index in [0.29, 0.717) is 6.54 Å². The first-order valence-electron chi connectivity index (χ1n) is 5.01. The van der Waals surface area contributed by atoms with Crippen molar-refractivity contribution in [3.63, 3.8) is 0 Å². The lowest BCUT2D eigenvalue weighted by Gasteiger charge is -2.17. The van der Waals surface area contributed by atoms with Gasteiger partial charge >= 0.3 is 5.97 Å². The number of amides is 1. The zero-order chi connectivity index (χ0) is 13.0. The van der Waals surface area contributed by atoms with E-state index in [1.54, 1.807) is 14.0 Å². The molecule has 0 fully saturated rings. The predicted molar refractivity (Wildman–Crippen MR) is 63.0 cm³/mol. The van der Waals surface area contributed by atoms with E-state index in [-0.39, 0.29) is 11.3 Å². The van der Waals surface area contributed by atoms with Gasteiger partial charge in [0.05, 0.1) is 5.56 Å². The maximum absolute atomic E-state index is 12.0. The molecule has 0 aliphatic rings. The molecule has 0 saturated heterocycles. The van der Waals surface area contributed by atoms with Gasteiger partial charge in [0.2, 0.25) is 0 Å². The van der Waals surface area contributed by atoms with Crippen molar-refractivity contribution in [3.05, 3.63) is 41.7 Å². The van der Waals surface area contributed by atoms with Crippen molar-refractivity contribution in [2.75, 3.05) is 13.6 Å². The van der Waals surface area contributed by atoms with E-state index in [0.717, 1.165) is 5.57 Å². The highest BCUT2D eigenvalue weighted by Gasteiger charge is 2.20. The summed E-state index contributed by atoms with van der Waals surface area (Å²) in [7, 11) is 1.58. The number of hydrogen-bond acceptors (Lipinski definition) is 3. The Labute approximate surface area is 99.4 Å². The molecule has 0 aromatic carbocycles. The Morgan fingerprint density at radius 2 is 2.18 bits per heavy atom. The molecule has 1 N–H and O–H groups in total. The minimum atomic E-state index is -1.16. The van der Waals surface area contributed by atoms with E-state index in [2.05, 4.69) is 11.6 Å². The van der Waals surface area contributed by atoms with E-state index in [1.165, 1.54) is 23.2 Å². The summed E-state index contributed by atoms with van der Waals surface area (Å²) < 4.78 is 0. The van der Waals surface area contributed by atoms with Gasteiger partial charge in [-0.25, -0.2) is 4.79 Å². The maximum atomic E-state index is 12.0. The van der Waals surface area contributed by atoms with Gasteiger partial charge in [-0.3, -0.25) is 9.78 Å². The topological polar surface area (TPSA) is 70.5 Å². The number of rotatable bonds is 4. The number of carboxylic acids is 1. The van der Waals surface area contributed by atoms with Gasteiger partial charge in [0.15, 0.2) is 0 Å². The molecule has 5 nitrogen and oxygen atoms in total. The van der Waals surface area contributed by atoms with Crippen LogP contribution in [0.25, 0.3) is 0 Å². The summed E-state index contributed by atoms with van der Waals surface area (Å²) in [5.41, 5.74) is 0.670. The van der Waals surface area contributed by atoms with Crippen LogP contribution in [0.4, 0.5) is 0 Å². The largest absolute Gasteiger partial charge is 0.478 e. The Bertz CT molecular complexity index is 469. The Morgan fingerprint density at radius 3 is 2.71 bits per heavy atom. The van der Waals surface area contributed by atoms with Crippen molar-refractivity contribution >= 4 is 11.9 Å². The van der Waals surface area contributed by atoms with Crippen LogP contribution >= 0.6 is 0 Å². The molecule has 0 saturated carbocycles. The molecule has 5 heteroatoms. The molecule has 17 heavy (non-hydrogen) atoms. The van der Waals surface area contributed by atoms with Crippen LogP contribution in [0.2, 0.25) is 0 Å². The Kier molecular flexibility index (Phi) is 3.98. The normalized spacial score (nSPS) is 9.76. The van der Waals surface area contributed by atoms with E-state index >= 15 is 0 Å². The summed E-state index contributed by atoms with van der Waals surface area (Å²) in [5, 5.41) is 8.95. The monoisotopic (exact) mass is 234 g/mol. The number of nitrogens with zero attached hydrogens (tertiary/aromatic N) is 2. The molecule has 90 valence electrons. The van der Waals surface area contributed by atoms with Gasteiger partial charge in [-0.2, -0.15) is 0 Å². The molecule has 0 bridgehead atoms. The molecule has 0 atom stereocenters. The number of carbonyl (C=O) groups excluding carboxylic acids is 1. The second-order valence-electron chi connectivity index (χ2n) is 3.82. The molecule has 1 heterocycles. The Hall–Kier alpha value is -2.17. The summed E-state index contributed by atoms with van der Waals surface area (Å²) in [6.45, 7) is 5.86. The molecular formula is C12H14N2O3. The summed E-state index contributed by atoms with van der Waals surface area (Å²) in [5.74, 6) is -1.59. The highest BCUT2D eigenvalue weighted by molar-refractivity contribution is 6.03. The number of aromatic nitrogens is 1. The van der Waals surface area contributed by atoms with E-state index in [4.69, 9.17) is 5.11 Å². The molecular weight excluding hydrogens is 220 g/mol. The zero-order valence-electron chi connectivity index (χ0n) is 9.80. The predicted octanol–water partition coefficient (Wildman–Crippen LogP) is 1.43. The lowest BCUT2D eigenvalue weighted by molar-refractivity contribution is 0.0681. The number of pyridine rings is 1. The van der Waals surface area contributed by atoms with Crippen LogP contribution in [-0.2, 0) is 0 Å². The van der Waals surface area contributed by atoms with Gasteiger partial charge < -0.3 is 10.0 Å². The lowest BCUT2D eigenvalue weighted by Crippen LogP contribution is -2.30. The van der Waals surface area contributed by atoms with Crippen molar-refractivity contribution in [1.29, 1.82) is 0 Å². The van der Waals surface area contributed by atoms with Gasteiger partial charge in [0.25, 0.3) is 5.91 Å². The average Bonchev–Trinajstić information content (AvgIpc) is 2.27. The van der Waals surface area contributed by atoms with E-state index in [9.17, 15) is 9.59 Å². The zero-order valence-corrected chi connectivity index (χ0v) is 9.80. The van der Waals surface area contributed by atoms with Crippen LogP contribution in [0.15, 0.2) is 30.5 Å². The third kappa shape index (κ3) is 3.14. The Balaban J connectivity index is 3.04. The minimum Gasteiger partial charge on any atom is -0.478 e. The molecule has 1 amide bonds. The summed E-state index contributed by atoms with van der Waals surface area (Å²) in [6, 6.07) is 2.84. The summed E-state index contributed by atoms with van der Waals surface area (Å²) in [6.07, 6.45) is 1.40. The second-order valence-corrected chi connectivity index (χ2v) is 3.82. The average molecular weight is 234 g/mol. The van der Waals surface area contributed by atoms with E-state index < -0.39 is 11.9 Å². The van der Waals surface area contributed by atoms with Crippen molar-refractivity contribution in [2.24, 2.45) is 0 Å². The fraction of sp³-hybridized carbons (Fsp3) is 0.250. The molecule has 1 aromatic rings. The van der Waals surface area contributed by atoms with Gasteiger partial charge in [-0.1, -0.05) is 12.2 Å². The first-order valence-corrected chi connectivity index (χ1v) is 5.01. The van der Waals surface area contributed by atoms with Crippen LogP contribution < -0.4 is 0 Å². The highest BCUT2D eigenvalue weighted by atomic mass is 16.4. The number of hydrogen-bond donors (Lipinski definition) is 1. The lowest BCUT2D eigenvalue weighted by atomic mass is 10.1. The standard InChI is InChI=1S/C12H14N2O3/c1-8(2)7-14(3)11(15)10-9(12(16)17)5-4-6-13-10/h4-6H,1,7H2,2-3H3,(H,16,17). The Morgan fingerprint density at radius 1 is 1.53 bits per heavy atom. The molecule has 0 spiro atoms. The minimum absolute atomic E-state index is 0.0521. The van der Waals surface area contributed by atoms with E-state index in [1.807, 2.05) is 0 Å². The molecule has 1 aromatic heterocycles. The second kappa shape index (κ2) is 5.25. The SMILES string of the molecule is C=C(C)CN(C)C(=O)c1ncccc1C(=O)O. The van der Waals surface area contributed by atoms with Crippen LogP contribution in [0, 0.1) is 0 Å². The fourth-order valence-corrected chi connectivity index (χ4v) is 1.41. The molecule has 0 aliphatic heterocycles. The van der Waals surface area contributed by atoms with Crippen LogP contribution in [0.3, 0.4) is 0 Å². The van der Waals surface area contributed by atoms with Gasteiger partial charge in [0, 0.05) is 19.8 Å². The van der Waals surface area contributed by atoms with Gasteiger partial charge in [-0.15, -0.1) is 0 Å². The molecule has 0 radical (unpaired) electrons. The summed E-state index contributed by atoms with van der Waals surface area (Å²) >= 11 is 0. The number of carboxylic acid groups (broad SMARTS) is 1. The third-order valence-electron chi connectivity index (χ3n) is 2.09. The number of carbonyl (C=O) groups is 2. The molecule has 1 rings (SSSR count). The third-order valence-corrected chi connectivity index (χ3v) is 2.09.